The van der Waals surface area contributed by atoms with Gasteiger partial charge in [0.15, 0.2) is 5.13 Å². The maximum atomic E-state index is 12.5. The Bertz CT molecular complexity index is 862. The molecule has 0 saturated carbocycles. The number of aromatic nitrogens is 1. The summed E-state index contributed by atoms with van der Waals surface area (Å²) in [5.74, 6) is -0.109. The van der Waals surface area contributed by atoms with Crippen LogP contribution in [0.3, 0.4) is 0 Å². The summed E-state index contributed by atoms with van der Waals surface area (Å²) in [5.41, 5.74) is 1.48. The first-order valence-electron chi connectivity index (χ1n) is 8.64. The molecule has 1 fully saturated rings. The summed E-state index contributed by atoms with van der Waals surface area (Å²) in [6.07, 6.45) is 1.78. The Balaban J connectivity index is 1.54. The number of hydrogen-bond acceptors (Lipinski definition) is 6. The van der Waals surface area contributed by atoms with E-state index in [9.17, 15) is 13.2 Å². The van der Waals surface area contributed by atoms with Crippen LogP contribution in [-0.2, 0) is 22.3 Å². The summed E-state index contributed by atoms with van der Waals surface area (Å²) < 4.78 is 26.0. The van der Waals surface area contributed by atoms with Gasteiger partial charge in [-0.3, -0.25) is 0 Å². The van der Waals surface area contributed by atoms with Crippen LogP contribution in [0.5, 0.6) is 0 Å². The molecule has 0 spiro atoms. The Morgan fingerprint density at radius 1 is 1.19 bits per heavy atom. The molecule has 1 aromatic carbocycles. The van der Waals surface area contributed by atoms with E-state index < -0.39 is 10.0 Å². The minimum atomic E-state index is -3.37. The van der Waals surface area contributed by atoms with Crippen LogP contribution in [0.2, 0.25) is 0 Å². The number of thiazole rings is 1. The second kappa shape index (κ2) is 8.68. The second-order valence-electron chi connectivity index (χ2n) is 6.18. The van der Waals surface area contributed by atoms with Crippen molar-refractivity contribution in [2.75, 3.05) is 38.1 Å². The number of carbonyl (C=O) groups excluding carboxylic acids is 1. The van der Waals surface area contributed by atoms with Gasteiger partial charge in [0.2, 0.25) is 10.0 Å². The number of anilines is 1. The molecule has 1 aliphatic heterocycles. The second-order valence-corrected chi connectivity index (χ2v) is 8.98. The highest BCUT2D eigenvalue weighted by Crippen LogP contribution is 2.19. The Morgan fingerprint density at radius 2 is 1.89 bits per heavy atom. The zero-order valence-corrected chi connectivity index (χ0v) is 16.7. The Labute approximate surface area is 163 Å². The molecule has 1 aliphatic rings. The number of amides is 2. The third kappa shape index (κ3) is 5.18. The molecule has 2 amide bonds. The van der Waals surface area contributed by atoms with Crippen molar-refractivity contribution in [3.05, 3.63) is 47.0 Å². The molecule has 0 bridgehead atoms. The largest absolute Gasteiger partial charge is 0.345 e. The van der Waals surface area contributed by atoms with Crippen LogP contribution >= 0.6 is 11.3 Å². The molecule has 2 heterocycles. The quantitative estimate of drug-likeness (QED) is 0.748. The van der Waals surface area contributed by atoms with Crippen molar-refractivity contribution in [2.45, 2.75) is 12.3 Å². The van der Waals surface area contributed by atoms with Crippen molar-refractivity contribution in [3.63, 3.8) is 0 Å². The monoisotopic (exact) mass is 409 g/mol. The molecule has 1 aromatic heterocycles. The average molecular weight is 410 g/mol. The predicted molar refractivity (Wildman–Crippen MR) is 106 cm³/mol. The minimum absolute atomic E-state index is 0.109. The van der Waals surface area contributed by atoms with E-state index in [1.165, 1.54) is 7.05 Å². The van der Waals surface area contributed by atoms with Crippen molar-refractivity contribution in [2.24, 2.45) is 0 Å². The Morgan fingerprint density at radius 3 is 2.52 bits per heavy atom. The highest BCUT2D eigenvalue weighted by Gasteiger charge is 2.22. The topological polar surface area (TPSA) is 94.6 Å². The molecule has 0 atom stereocenters. The molecule has 146 valence electrons. The van der Waals surface area contributed by atoms with E-state index in [-0.39, 0.29) is 11.8 Å². The fraction of sp³-hybridized carbons (Fsp3) is 0.412. The molecule has 27 heavy (non-hydrogen) atoms. The van der Waals surface area contributed by atoms with E-state index in [2.05, 4.69) is 19.9 Å². The zero-order chi connectivity index (χ0) is 19.3. The van der Waals surface area contributed by atoms with Gasteiger partial charge in [-0.15, -0.1) is 11.3 Å². The zero-order valence-electron chi connectivity index (χ0n) is 15.1. The molecule has 10 heteroatoms. The number of carbonyl (C=O) groups is 1. The Hall–Kier alpha value is -2.17. The minimum Gasteiger partial charge on any atom is -0.345 e. The third-order valence-electron chi connectivity index (χ3n) is 4.46. The number of urea groups is 1. The number of nitrogens with one attached hydrogen (secondary N) is 2. The number of sulfonamides is 1. The van der Waals surface area contributed by atoms with Crippen molar-refractivity contribution >= 4 is 32.5 Å². The molecule has 1 saturated heterocycles. The number of piperazine rings is 1. The van der Waals surface area contributed by atoms with Crippen LogP contribution in [0.4, 0.5) is 9.93 Å². The van der Waals surface area contributed by atoms with E-state index in [4.69, 9.17) is 0 Å². The lowest BCUT2D eigenvalue weighted by Gasteiger charge is -2.34. The molecule has 2 aromatic rings. The maximum Gasteiger partial charge on any atom is 0.317 e. The lowest BCUT2D eigenvalue weighted by molar-refractivity contribution is 0.194. The summed E-state index contributed by atoms with van der Waals surface area (Å²) in [4.78, 5) is 20.7. The van der Waals surface area contributed by atoms with E-state index >= 15 is 0 Å². The van der Waals surface area contributed by atoms with Crippen LogP contribution in [-0.4, -0.2) is 57.6 Å². The van der Waals surface area contributed by atoms with Gasteiger partial charge >= 0.3 is 6.03 Å². The summed E-state index contributed by atoms with van der Waals surface area (Å²) in [5, 5.41) is 5.83. The summed E-state index contributed by atoms with van der Waals surface area (Å²) in [7, 11) is -1.97. The van der Waals surface area contributed by atoms with Crippen LogP contribution in [0, 0.1) is 0 Å². The maximum absolute atomic E-state index is 12.5. The number of nitrogens with zero attached hydrogens (tertiary/aromatic N) is 3. The van der Waals surface area contributed by atoms with Crippen LogP contribution < -0.4 is 14.9 Å². The average Bonchev–Trinajstić information content (AvgIpc) is 3.22. The van der Waals surface area contributed by atoms with Crippen molar-refractivity contribution < 1.29 is 13.2 Å². The SMILES string of the molecule is CNS(=O)(=O)Cc1ccccc1CNC(=O)N1CCN(c2nccs2)CC1. The molecular weight excluding hydrogens is 386 g/mol. The first-order chi connectivity index (χ1) is 13.0. The van der Waals surface area contributed by atoms with Crippen LogP contribution in [0.1, 0.15) is 11.1 Å². The molecule has 3 rings (SSSR count). The van der Waals surface area contributed by atoms with Gasteiger partial charge in [0.1, 0.15) is 0 Å². The molecule has 0 radical (unpaired) electrons. The van der Waals surface area contributed by atoms with Gasteiger partial charge in [-0.05, 0) is 18.2 Å². The lowest BCUT2D eigenvalue weighted by atomic mass is 10.1. The normalized spacial score (nSPS) is 15.0. The predicted octanol–water partition coefficient (Wildman–Crippen LogP) is 1.22. The third-order valence-corrected chi connectivity index (χ3v) is 6.61. The van der Waals surface area contributed by atoms with Crippen LogP contribution in [0.15, 0.2) is 35.8 Å². The van der Waals surface area contributed by atoms with Crippen molar-refractivity contribution in [1.29, 1.82) is 0 Å². The van der Waals surface area contributed by atoms with Crippen LogP contribution in [0.25, 0.3) is 0 Å². The van der Waals surface area contributed by atoms with Crippen molar-refractivity contribution in [3.8, 4) is 0 Å². The van der Waals surface area contributed by atoms with E-state index in [0.29, 0.717) is 25.2 Å². The van der Waals surface area contributed by atoms with Gasteiger partial charge in [0.25, 0.3) is 0 Å². The van der Waals surface area contributed by atoms with Gasteiger partial charge in [-0.25, -0.2) is 22.9 Å². The van der Waals surface area contributed by atoms with E-state index in [1.54, 1.807) is 34.6 Å². The van der Waals surface area contributed by atoms with E-state index in [0.717, 1.165) is 23.8 Å². The number of rotatable bonds is 6. The van der Waals surface area contributed by atoms with Crippen molar-refractivity contribution in [1.82, 2.24) is 19.9 Å². The molecule has 0 aliphatic carbocycles. The highest BCUT2D eigenvalue weighted by atomic mass is 32.2. The highest BCUT2D eigenvalue weighted by molar-refractivity contribution is 7.88. The van der Waals surface area contributed by atoms with E-state index in [1.807, 2.05) is 17.5 Å². The molecule has 2 N–H and O–H groups in total. The van der Waals surface area contributed by atoms with Gasteiger partial charge in [0, 0.05) is 44.3 Å². The Kier molecular flexibility index (Phi) is 6.30. The first kappa shape index (κ1) is 19.6. The smallest absolute Gasteiger partial charge is 0.317 e. The fourth-order valence-corrected chi connectivity index (χ4v) is 4.44. The molecular formula is C17H23N5O3S2. The molecule has 0 unspecified atom stereocenters. The number of benzene rings is 1. The standard InChI is InChI=1S/C17H23N5O3S2/c1-18-27(24,25)13-15-5-3-2-4-14(15)12-20-16(23)21-7-9-22(10-8-21)17-19-6-11-26-17/h2-6,11,18H,7-10,12-13H2,1H3,(H,20,23). The van der Waals surface area contributed by atoms with Gasteiger partial charge in [0.05, 0.1) is 5.75 Å². The fourth-order valence-electron chi connectivity index (χ4n) is 2.90. The number of hydrogen-bond donors (Lipinski definition) is 2. The first-order valence-corrected chi connectivity index (χ1v) is 11.2. The van der Waals surface area contributed by atoms with Gasteiger partial charge < -0.3 is 15.1 Å². The lowest BCUT2D eigenvalue weighted by Crippen LogP contribution is -2.51. The summed E-state index contributed by atoms with van der Waals surface area (Å²) >= 11 is 1.60. The van der Waals surface area contributed by atoms with Gasteiger partial charge in [-0.2, -0.15) is 0 Å². The molecule has 8 nitrogen and oxygen atoms in total. The van der Waals surface area contributed by atoms with Gasteiger partial charge in [-0.1, -0.05) is 24.3 Å². The summed E-state index contributed by atoms with van der Waals surface area (Å²) in [6.45, 7) is 3.04. The summed E-state index contributed by atoms with van der Waals surface area (Å²) in [6, 6.07) is 7.10.